The summed E-state index contributed by atoms with van der Waals surface area (Å²) in [5.74, 6) is 7.05. The summed E-state index contributed by atoms with van der Waals surface area (Å²) in [5, 5.41) is 0. The quantitative estimate of drug-likeness (QED) is 0.669. The fourth-order valence-corrected chi connectivity index (χ4v) is 3.11. The SMILES string of the molecule is CCc1c(C)nc(-c2ccc(C(C)(C)C)s2)nc1NN. The molecule has 2 aromatic rings. The third kappa shape index (κ3) is 2.83. The average Bonchev–Trinajstić information content (AvgIpc) is 2.87. The zero-order valence-electron chi connectivity index (χ0n) is 12.7. The van der Waals surface area contributed by atoms with Crippen LogP contribution in [0.1, 0.15) is 43.8 Å². The largest absolute Gasteiger partial charge is 0.308 e. The summed E-state index contributed by atoms with van der Waals surface area (Å²) < 4.78 is 0. The lowest BCUT2D eigenvalue weighted by Gasteiger charge is -2.15. The smallest absolute Gasteiger partial charge is 0.171 e. The van der Waals surface area contributed by atoms with Gasteiger partial charge in [-0.15, -0.1) is 11.3 Å². The molecule has 20 heavy (non-hydrogen) atoms. The van der Waals surface area contributed by atoms with Crippen LogP contribution in [0.2, 0.25) is 0 Å². The number of nitrogens with zero attached hydrogens (tertiary/aromatic N) is 2. The maximum atomic E-state index is 5.58. The zero-order valence-corrected chi connectivity index (χ0v) is 13.6. The molecule has 0 saturated heterocycles. The van der Waals surface area contributed by atoms with Crippen molar-refractivity contribution < 1.29 is 0 Å². The van der Waals surface area contributed by atoms with E-state index < -0.39 is 0 Å². The van der Waals surface area contributed by atoms with Crippen LogP contribution in [0.25, 0.3) is 10.7 Å². The summed E-state index contributed by atoms with van der Waals surface area (Å²) in [6.07, 6.45) is 0.864. The summed E-state index contributed by atoms with van der Waals surface area (Å²) in [6.45, 7) is 10.7. The highest BCUT2D eigenvalue weighted by Crippen LogP contribution is 2.34. The van der Waals surface area contributed by atoms with Crippen molar-refractivity contribution >= 4 is 17.2 Å². The van der Waals surface area contributed by atoms with E-state index in [4.69, 9.17) is 5.84 Å². The lowest BCUT2D eigenvalue weighted by molar-refractivity contribution is 0.604. The first-order valence-corrected chi connectivity index (χ1v) is 7.63. The second-order valence-corrected chi connectivity index (χ2v) is 6.96. The van der Waals surface area contributed by atoms with Crippen LogP contribution in [0, 0.1) is 6.92 Å². The topological polar surface area (TPSA) is 63.8 Å². The van der Waals surface area contributed by atoms with Crippen LogP contribution in [0.5, 0.6) is 0 Å². The molecule has 108 valence electrons. The molecule has 0 fully saturated rings. The number of thiophene rings is 1. The van der Waals surface area contributed by atoms with E-state index in [1.165, 1.54) is 4.88 Å². The molecule has 3 N–H and O–H groups in total. The van der Waals surface area contributed by atoms with Crippen molar-refractivity contribution in [3.05, 3.63) is 28.3 Å². The molecule has 2 aromatic heterocycles. The molecular formula is C15H22N4S. The molecular weight excluding hydrogens is 268 g/mol. The second-order valence-electron chi connectivity index (χ2n) is 5.87. The number of hydrazine groups is 1. The fraction of sp³-hybridized carbons (Fsp3) is 0.467. The Morgan fingerprint density at radius 1 is 1.25 bits per heavy atom. The highest BCUT2D eigenvalue weighted by atomic mass is 32.1. The number of aryl methyl sites for hydroxylation is 1. The van der Waals surface area contributed by atoms with Gasteiger partial charge in [-0.05, 0) is 30.9 Å². The van der Waals surface area contributed by atoms with Gasteiger partial charge in [-0.3, -0.25) is 0 Å². The maximum absolute atomic E-state index is 5.58. The van der Waals surface area contributed by atoms with Gasteiger partial charge in [-0.2, -0.15) is 0 Å². The van der Waals surface area contributed by atoms with E-state index in [-0.39, 0.29) is 5.41 Å². The first kappa shape index (κ1) is 14.9. The van der Waals surface area contributed by atoms with Crippen LogP contribution < -0.4 is 11.3 Å². The molecule has 0 aliphatic rings. The Hall–Kier alpha value is -1.46. The van der Waals surface area contributed by atoms with Gasteiger partial charge in [0, 0.05) is 16.1 Å². The van der Waals surface area contributed by atoms with Crippen molar-refractivity contribution in [1.82, 2.24) is 9.97 Å². The van der Waals surface area contributed by atoms with Crippen molar-refractivity contribution in [2.24, 2.45) is 5.84 Å². The lowest BCUT2D eigenvalue weighted by atomic mass is 9.95. The molecule has 0 amide bonds. The first-order valence-electron chi connectivity index (χ1n) is 6.81. The van der Waals surface area contributed by atoms with Crippen LogP contribution in [-0.2, 0) is 11.8 Å². The van der Waals surface area contributed by atoms with Crippen LogP contribution in [-0.4, -0.2) is 9.97 Å². The summed E-state index contributed by atoms with van der Waals surface area (Å²) in [7, 11) is 0. The molecule has 0 aliphatic carbocycles. The van der Waals surface area contributed by atoms with E-state index in [1.54, 1.807) is 11.3 Å². The van der Waals surface area contributed by atoms with Gasteiger partial charge >= 0.3 is 0 Å². The minimum absolute atomic E-state index is 0.149. The molecule has 0 aliphatic heterocycles. The van der Waals surface area contributed by atoms with Gasteiger partial charge < -0.3 is 5.43 Å². The molecule has 0 radical (unpaired) electrons. The summed E-state index contributed by atoms with van der Waals surface area (Å²) in [5.41, 5.74) is 4.89. The molecule has 0 bridgehead atoms. The molecule has 0 unspecified atom stereocenters. The van der Waals surface area contributed by atoms with E-state index in [9.17, 15) is 0 Å². The average molecular weight is 290 g/mol. The van der Waals surface area contributed by atoms with Crippen LogP contribution in [0.4, 0.5) is 5.82 Å². The number of nitrogen functional groups attached to an aromatic ring is 1. The van der Waals surface area contributed by atoms with Gasteiger partial charge in [0.25, 0.3) is 0 Å². The number of anilines is 1. The van der Waals surface area contributed by atoms with Crippen LogP contribution in [0.3, 0.4) is 0 Å². The number of nitrogens with two attached hydrogens (primary N) is 1. The van der Waals surface area contributed by atoms with E-state index in [0.717, 1.165) is 34.2 Å². The molecule has 2 heterocycles. The predicted molar refractivity (Wildman–Crippen MR) is 86.0 cm³/mol. The number of hydrogen-bond acceptors (Lipinski definition) is 5. The van der Waals surface area contributed by atoms with E-state index >= 15 is 0 Å². The monoisotopic (exact) mass is 290 g/mol. The van der Waals surface area contributed by atoms with Gasteiger partial charge in [-0.25, -0.2) is 15.8 Å². The van der Waals surface area contributed by atoms with Crippen molar-refractivity contribution in [3.63, 3.8) is 0 Å². The van der Waals surface area contributed by atoms with Crippen molar-refractivity contribution in [2.75, 3.05) is 5.43 Å². The van der Waals surface area contributed by atoms with Crippen LogP contribution in [0.15, 0.2) is 12.1 Å². The molecule has 2 rings (SSSR count). The van der Waals surface area contributed by atoms with Gasteiger partial charge in [0.15, 0.2) is 5.82 Å². The number of aromatic nitrogens is 2. The lowest BCUT2D eigenvalue weighted by Crippen LogP contribution is -2.13. The normalized spacial score (nSPS) is 11.7. The molecule has 5 heteroatoms. The zero-order chi connectivity index (χ0) is 14.9. The Kier molecular flexibility index (Phi) is 4.11. The van der Waals surface area contributed by atoms with Crippen molar-refractivity contribution in [2.45, 2.75) is 46.5 Å². The Labute approximate surface area is 124 Å². The summed E-state index contributed by atoms with van der Waals surface area (Å²) in [6, 6.07) is 4.24. The van der Waals surface area contributed by atoms with Gasteiger partial charge in [0.1, 0.15) is 5.82 Å². The summed E-state index contributed by atoms with van der Waals surface area (Å²) >= 11 is 1.74. The standard InChI is InChI=1S/C15H22N4S/c1-6-10-9(2)17-14(18-13(10)19-16)11-7-8-12(20-11)15(3,4)5/h7-8H,6,16H2,1-5H3,(H,17,18,19). The number of nitrogens with one attached hydrogen (secondary N) is 1. The molecule has 0 spiro atoms. The molecule has 0 saturated carbocycles. The molecule has 0 atom stereocenters. The van der Waals surface area contributed by atoms with E-state index in [0.29, 0.717) is 0 Å². The van der Waals surface area contributed by atoms with Gasteiger partial charge in [0.2, 0.25) is 0 Å². The third-order valence-electron chi connectivity index (χ3n) is 3.27. The predicted octanol–water partition coefficient (Wildman–Crippen LogP) is 3.66. The van der Waals surface area contributed by atoms with Crippen molar-refractivity contribution in [3.8, 4) is 10.7 Å². The van der Waals surface area contributed by atoms with E-state index in [1.807, 2.05) is 6.92 Å². The summed E-state index contributed by atoms with van der Waals surface area (Å²) in [4.78, 5) is 11.6. The van der Waals surface area contributed by atoms with Gasteiger partial charge in [0.05, 0.1) is 4.88 Å². The van der Waals surface area contributed by atoms with E-state index in [2.05, 4.69) is 55.2 Å². The number of rotatable bonds is 3. The molecule has 4 nitrogen and oxygen atoms in total. The minimum Gasteiger partial charge on any atom is -0.308 e. The third-order valence-corrected chi connectivity index (χ3v) is 4.78. The Balaban J connectivity index is 2.48. The fourth-order valence-electron chi connectivity index (χ4n) is 2.11. The highest BCUT2D eigenvalue weighted by Gasteiger charge is 2.18. The Morgan fingerprint density at radius 2 is 1.95 bits per heavy atom. The highest BCUT2D eigenvalue weighted by molar-refractivity contribution is 7.15. The second kappa shape index (κ2) is 5.50. The maximum Gasteiger partial charge on any atom is 0.171 e. The van der Waals surface area contributed by atoms with Crippen LogP contribution >= 0.6 is 11.3 Å². The Bertz CT molecular complexity index is 611. The minimum atomic E-state index is 0.149. The van der Waals surface area contributed by atoms with Gasteiger partial charge in [-0.1, -0.05) is 27.7 Å². The Morgan fingerprint density at radius 3 is 2.45 bits per heavy atom. The number of hydrogen-bond donors (Lipinski definition) is 2. The van der Waals surface area contributed by atoms with Crippen molar-refractivity contribution in [1.29, 1.82) is 0 Å². The first-order chi connectivity index (χ1) is 9.36. The molecule has 0 aromatic carbocycles.